The van der Waals surface area contributed by atoms with Gasteiger partial charge in [-0.15, -0.1) is 16.8 Å². The number of ether oxygens (including phenoxy) is 1. The van der Waals surface area contributed by atoms with Crippen LogP contribution in [-0.2, 0) is 22.7 Å². The number of allylic oxidation sites excluding steroid dienone is 1. The maximum Gasteiger partial charge on any atom is 0.243 e. The zero-order valence-corrected chi connectivity index (χ0v) is 19.8. The summed E-state index contributed by atoms with van der Waals surface area (Å²) >= 11 is 1.19. The van der Waals surface area contributed by atoms with Crippen molar-refractivity contribution in [1.82, 2.24) is 19.7 Å². The number of anilines is 1. The van der Waals surface area contributed by atoms with Gasteiger partial charge in [-0.1, -0.05) is 47.7 Å². The Labute approximate surface area is 201 Å². The van der Waals surface area contributed by atoms with E-state index in [0.29, 0.717) is 23.2 Å². The minimum absolute atomic E-state index is 0.00929. The molecule has 1 aromatic heterocycles. The molecule has 0 atom stereocenters. The number of hydrogen-bond donors (Lipinski definition) is 1. The first-order valence-corrected chi connectivity index (χ1v) is 11.5. The summed E-state index contributed by atoms with van der Waals surface area (Å²) in [6.07, 6.45) is 1.67. The van der Waals surface area contributed by atoms with E-state index >= 15 is 0 Å². The van der Waals surface area contributed by atoms with Crippen molar-refractivity contribution in [2.75, 3.05) is 24.7 Å². The Bertz CT molecular complexity index is 1150. The van der Waals surface area contributed by atoms with Crippen LogP contribution in [0.1, 0.15) is 11.4 Å². The Balaban J connectivity index is 1.54. The Morgan fingerprint density at radius 2 is 1.94 bits per heavy atom. The van der Waals surface area contributed by atoms with Crippen molar-refractivity contribution in [3.63, 3.8) is 0 Å². The fourth-order valence-electron chi connectivity index (χ4n) is 2.93. The number of halogens is 1. The summed E-state index contributed by atoms with van der Waals surface area (Å²) < 4.78 is 21.1. The third-order valence-electron chi connectivity index (χ3n) is 4.77. The molecule has 34 heavy (non-hydrogen) atoms. The normalized spacial score (nSPS) is 10.6. The van der Waals surface area contributed by atoms with Gasteiger partial charge in [0, 0.05) is 19.3 Å². The average Bonchev–Trinajstić information content (AvgIpc) is 3.20. The quantitative estimate of drug-likeness (QED) is 0.331. The van der Waals surface area contributed by atoms with Gasteiger partial charge in [-0.2, -0.15) is 0 Å². The lowest BCUT2D eigenvalue weighted by Gasteiger charge is -2.16. The molecule has 8 nitrogen and oxygen atoms in total. The molecule has 1 N–H and O–H groups in total. The second-order valence-electron chi connectivity index (χ2n) is 7.47. The average molecular weight is 484 g/mol. The van der Waals surface area contributed by atoms with E-state index in [-0.39, 0.29) is 36.5 Å². The van der Waals surface area contributed by atoms with E-state index in [1.54, 1.807) is 29.8 Å². The molecule has 1 heterocycles. The molecule has 0 bridgehead atoms. The summed E-state index contributed by atoms with van der Waals surface area (Å²) in [7, 11) is 1.57. The van der Waals surface area contributed by atoms with Crippen LogP contribution in [0, 0.1) is 12.7 Å². The van der Waals surface area contributed by atoms with Crippen LogP contribution in [0.5, 0.6) is 5.75 Å². The third kappa shape index (κ3) is 6.92. The van der Waals surface area contributed by atoms with Crippen LogP contribution in [0.15, 0.2) is 66.3 Å². The van der Waals surface area contributed by atoms with Gasteiger partial charge >= 0.3 is 0 Å². The summed E-state index contributed by atoms with van der Waals surface area (Å²) in [5, 5.41) is 11.5. The molecule has 0 aliphatic carbocycles. The number of amides is 2. The molecule has 2 amide bonds. The van der Waals surface area contributed by atoms with Crippen LogP contribution in [0.2, 0.25) is 0 Å². The first-order valence-electron chi connectivity index (χ1n) is 10.5. The van der Waals surface area contributed by atoms with Gasteiger partial charge in [0.25, 0.3) is 0 Å². The van der Waals surface area contributed by atoms with Crippen LogP contribution in [-0.4, -0.2) is 50.8 Å². The topological polar surface area (TPSA) is 89.3 Å². The van der Waals surface area contributed by atoms with Crippen LogP contribution in [0.3, 0.4) is 0 Å². The van der Waals surface area contributed by atoms with E-state index in [4.69, 9.17) is 4.74 Å². The summed E-state index contributed by atoms with van der Waals surface area (Å²) in [4.78, 5) is 26.2. The molecular weight excluding hydrogens is 457 g/mol. The minimum Gasteiger partial charge on any atom is -0.483 e. The van der Waals surface area contributed by atoms with Crippen molar-refractivity contribution in [2.24, 2.45) is 0 Å². The van der Waals surface area contributed by atoms with Gasteiger partial charge in [0.05, 0.1) is 12.3 Å². The SMILES string of the molecule is C=CCn1c(COc2ccccc2F)nnc1SCC(=O)N(C)CC(=O)Nc1ccc(C)cc1. The molecule has 3 rings (SSSR count). The molecule has 0 saturated heterocycles. The Hall–Kier alpha value is -3.66. The number of para-hydroxylation sites is 1. The molecule has 0 spiro atoms. The van der Waals surface area contributed by atoms with Crippen molar-refractivity contribution in [3.05, 3.63) is 78.4 Å². The largest absolute Gasteiger partial charge is 0.483 e. The molecule has 0 aliphatic rings. The molecule has 178 valence electrons. The first kappa shape index (κ1) is 25.0. The first-order chi connectivity index (χ1) is 16.4. The summed E-state index contributed by atoms with van der Waals surface area (Å²) in [6, 6.07) is 13.5. The minimum atomic E-state index is -0.466. The Morgan fingerprint density at radius 3 is 2.65 bits per heavy atom. The van der Waals surface area contributed by atoms with E-state index in [9.17, 15) is 14.0 Å². The summed E-state index contributed by atoms with van der Waals surface area (Å²) in [6.45, 7) is 6.03. The molecule has 0 unspecified atom stereocenters. The molecule has 3 aromatic rings. The summed E-state index contributed by atoms with van der Waals surface area (Å²) in [5.74, 6) is -0.326. The highest BCUT2D eigenvalue weighted by Crippen LogP contribution is 2.20. The van der Waals surface area contributed by atoms with E-state index in [1.807, 2.05) is 31.2 Å². The molecule has 2 aromatic carbocycles. The number of aromatic nitrogens is 3. The number of hydrogen-bond acceptors (Lipinski definition) is 6. The van der Waals surface area contributed by atoms with Gasteiger partial charge in [-0.3, -0.25) is 14.2 Å². The highest BCUT2D eigenvalue weighted by molar-refractivity contribution is 7.99. The van der Waals surface area contributed by atoms with Crippen molar-refractivity contribution in [2.45, 2.75) is 25.2 Å². The van der Waals surface area contributed by atoms with Crippen molar-refractivity contribution in [1.29, 1.82) is 0 Å². The maximum absolute atomic E-state index is 13.8. The molecule has 0 saturated carbocycles. The lowest BCUT2D eigenvalue weighted by atomic mass is 10.2. The number of nitrogens with zero attached hydrogens (tertiary/aromatic N) is 4. The molecular formula is C24H26FN5O3S. The number of benzene rings is 2. The van der Waals surface area contributed by atoms with Crippen molar-refractivity contribution in [3.8, 4) is 5.75 Å². The highest BCUT2D eigenvalue weighted by atomic mass is 32.2. The third-order valence-corrected chi connectivity index (χ3v) is 5.72. The lowest BCUT2D eigenvalue weighted by Crippen LogP contribution is -2.36. The van der Waals surface area contributed by atoms with Crippen molar-refractivity contribution >= 4 is 29.3 Å². The predicted octanol–water partition coefficient (Wildman–Crippen LogP) is 3.68. The second kappa shape index (κ2) is 12.0. The van der Waals surface area contributed by atoms with Gasteiger partial charge in [-0.25, -0.2) is 4.39 Å². The number of likely N-dealkylation sites (N-methyl/N-ethyl adjacent to an activating group) is 1. The zero-order chi connectivity index (χ0) is 24.5. The van der Waals surface area contributed by atoms with Gasteiger partial charge in [0.2, 0.25) is 11.8 Å². The maximum atomic E-state index is 13.8. The van der Waals surface area contributed by atoms with Crippen molar-refractivity contribution < 1.29 is 18.7 Å². The fourth-order valence-corrected chi connectivity index (χ4v) is 3.83. The Morgan fingerprint density at radius 1 is 1.21 bits per heavy atom. The summed E-state index contributed by atoms with van der Waals surface area (Å²) in [5.41, 5.74) is 1.77. The molecule has 0 aliphatic heterocycles. The number of thioether (sulfide) groups is 1. The van der Waals surface area contributed by atoms with E-state index in [1.165, 1.54) is 28.8 Å². The standard InChI is InChI=1S/C24H26FN5O3S/c1-4-13-30-21(15-33-20-8-6-5-7-19(20)25)27-28-24(30)34-16-23(32)29(3)14-22(31)26-18-11-9-17(2)10-12-18/h4-12H,1,13-16H2,2-3H3,(H,26,31). The smallest absolute Gasteiger partial charge is 0.243 e. The number of nitrogens with one attached hydrogen (secondary N) is 1. The predicted molar refractivity (Wildman–Crippen MR) is 129 cm³/mol. The molecule has 10 heteroatoms. The van der Waals surface area contributed by atoms with E-state index < -0.39 is 5.82 Å². The number of aryl methyl sites for hydroxylation is 1. The molecule has 0 fully saturated rings. The highest BCUT2D eigenvalue weighted by Gasteiger charge is 2.18. The second-order valence-corrected chi connectivity index (χ2v) is 8.41. The molecule has 0 radical (unpaired) electrons. The lowest BCUT2D eigenvalue weighted by molar-refractivity contribution is -0.131. The number of rotatable bonds is 11. The van der Waals surface area contributed by atoms with E-state index in [0.717, 1.165) is 5.56 Å². The monoisotopic (exact) mass is 483 g/mol. The Kier molecular flexibility index (Phi) is 8.80. The van der Waals surface area contributed by atoms with Crippen LogP contribution < -0.4 is 10.1 Å². The fraction of sp³-hybridized carbons (Fsp3) is 0.250. The van der Waals surface area contributed by atoms with Gasteiger partial charge in [-0.05, 0) is 31.2 Å². The van der Waals surface area contributed by atoms with Gasteiger partial charge in [0.15, 0.2) is 22.5 Å². The zero-order valence-electron chi connectivity index (χ0n) is 19.0. The number of carbonyl (C=O) groups excluding carboxylic acids is 2. The van der Waals surface area contributed by atoms with Crippen LogP contribution in [0.25, 0.3) is 0 Å². The number of carbonyl (C=O) groups is 2. The van der Waals surface area contributed by atoms with Gasteiger partial charge in [0.1, 0.15) is 6.61 Å². The van der Waals surface area contributed by atoms with Gasteiger partial charge < -0.3 is 15.0 Å². The van der Waals surface area contributed by atoms with E-state index in [2.05, 4.69) is 22.1 Å². The van der Waals surface area contributed by atoms with Crippen LogP contribution >= 0.6 is 11.8 Å². The van der Waals surface area contributed by atoms with Crippen LogP contribution in [0.4, 0.5) is 10.1 Å².